The van der Waals surface area contributed by atoms with Crippen molar-refractivity contribution in [1.29, 1.82) is 0 Å². The molecule has 1 fully saturated rings. The molecule has 140 valence electrons. The van der Waals surface area contributed by atoms with E-state index in [0.717, 1.165) is 53.8 Å². The van der Waals surface area contributed by atoms with Crippen LogP contribution in [-0.2, 0) is 13.6 Å². The maximum Gasteiger partial charge on any atom is 0.0681 e. The van der Waals surface area contributed by atoms with Crippen molar-refractivity contribution in [3.63, 3.8) is 0 Å². The summed E-state index contributed by atoms with van der Waals surface area (Å²) in [6.07, 6.45) is 2.29. The molecule has 4 rings (SSSR count). The van der Waals surface area contributed by atoms with Crippen molar-refractivity contribution < 1.29 is 0 Å². The summed E-state index contributed by atoms with van der Waals surface area (Å²) in [7, 11) is 2.02. The largest absolute Gasteiger partial charge is 0.299 e. The number of aromatic nitrogens is 2. The second kappa shape index (κ2) is 8.05. The van der Waals surface area contributed by atoms with E-state index in [9.17, 15) is 0 Å². The predicted octanol–water partition coefficient (Wildman–Crippen LogP) is 5.77. The Morgan fingerprint density at radius 2 is 1.52 bits per heavy atom. The zero-order valence-corrected chi connectivity index (χ0v) is 16.9. The molecule has 1 aliphatic heterocycles. The van der Waals surface area contributed by atoms with Crippen LogP contribution in [0.5, 0.6) is 0 Å². The Bertz CT molecular complexity index is 892. The molecule has 2 aromatic carbocycles. The van der Waals surface area contributed by atoms with Gasteiger partial charge in [-0.2, -0.15) is 5.10 Å². The number of piperidine rings is 1. The van der Waals surface area contributed by atoms with Crippen molar-refractivity contribution >= 4 is 23.2 Å². The molecule has 0 aliphatic carbocycles. The quantitative estimate of drug-likeness (QED) is 0.554. The molecular weight excluding hydrogens is 377 g/mol. The van der Waals surface area contributed by atoms with Gasteiger partial charge in [-0.05, 0) is 67.4 Å². The lowest BCUT2D eigenvalue weighted by molar-refractivity contribution is 0.203. The molecule has 1 aromatic heterocycles. The maximum atomic E-state index is 6.01. The van der Waals surface area contributed by atoms with Crippen molar-refractivity contribution in [2.45, 2.75) is 25.3 Å². The van der Waals surface area contributed by atoms with Crippen LogP contribution in [-0.4, -0.2) is 27.8 Å². The Balaban J connectivity index is 1.40. The highest BCUT2D eigenvalue weighted by Crippen LogP contribution is 2.31. The normalized spacial score (nSPS) is 16.0. The van der Waals surface area contributed by atoms with Gasteiger partial charge in [-0.15, -0.1) is 0 Å². The summed E-state index contributed by atoms with van der Waals surface area (Å²) < 4.78 is 1.98. The van der Waals surface area contributed by atoms with Gasteiger partial charge < -0.3 is 0 Å². The molecule has 0 spiro atoms. The number of halogens is 2. The van der Waals surface area contributed by atoms with Gasteiger partial charge >= 0.3 is 0 Å². The van der Waals surface area contributed by atoms with Crippen LogP contribution in [0.2, 0.25) is 10.0 Å². The third-order valence-electron chi connectivity index (χ3n) is 5.36. The highest BCUT2D eigenvalue weighted by molar-refractivity contribution is 6.30. The molecule has 2 heterocycles. The summed E-state index contributed by atoms with van der Waals surface area (Å²) in [6.45, 7) is 3.18. The van der Waals surface area contributed by atoms with E-state index in [1.54, 1.807) is 0 Å². The van der Waals surface area contributed by atoms with Gasteiger partial charge in [0.25, 0.3) is 0 Å². The SMILES string of the molecule is Cn1nc(C2CCN(Cc3ccc(Cl)cc3)CC2)cc1-c1ccc(Cl)cc1. The molecule has 0 saturated carbocycles. The molecule has 3 nitrogen and oxygen atoms in total. The lowest BCUT2D eigenvalue weighted by atomic mass is 9.93. The highest BCUT2D eigenvalue weighted by atomic mass is 35.5. The van der Waals surface area contributed by atoms with Crippen LogP contribution in [0.1, 0.15) is 30.0 Å². The average molecular weight is 400 g/mol. The second-order valence-electron chi connectivity index (χ2n) is 7.26. The van der Waals surface area contributed by atoms with Crippen molar-refractivity contribution in [3.05, 3.63) is 75.9 Å². The minimum absolute atomic E-state index is 0.527. The molecule has 0 N–H and O–H groups in total. The lowest BCUT2D eigenvalue weighted by Crippen LogP contribution is -2.32. The number of benzene rings is 2. The number of nitrogens with zero attached hydrogens (tertiary/aromatic N) is 3. The van der Waals surface area contributed by atoms with Crippen LogP contribution in [0.4, 0.5) is 0 Å². The summed E-state index contributed by atoms with van der Waals surface area (Å²) in [5, 5.41) is 6.36. The van der Waals surface area contributed by atoms with Gasteiger partial charge in [-0.25, -0.2) is 0 Å². The fourth-order valence-corrected chi connectivity index (χ4v) is 4.07. The molecule has 1 saturated heterocycles. The van der Waals surface area contributed by atoms with Gasteiger partial charge in [-0.1, -0.05) is 47.5 Å². The lowest BCUT2D eigenvalue weighted by Gasteiger charge is -2.31. The molecule has 1 aliphatic rings. The van der Waals surface area contributed by atoms with E-state index in [2.05, 4.69) is 35.2 Å². The van der Waals surface area contributed by atoms with Crippen LogP contribution < -0.4 is 0 Å². The fraction of sp³-hybridized carbons (Fsp3) is 0.318. The standard InChI is InChI=1S/C22H23Cl2N3/c1-26-22(18-4-8-20(24)9-5-18)14-21(25-26)17-10-12-27(13-11-17)15-16-2-6-19(23)7-3-16/h2-9,14,17H,10-13,15H2,1H3. The van der Waals surface area contributed by atoms with Crippen LogP contribution >= 0.6 is 23.2 Å². The minimum Gasteiger partial charge on any atom is -0.299 e. The van der Waals surface area contributed by atoms with E-state index in [0.29, 0.717) is 5.92 Å². The average Bonchev–Trinajstić information content (AvgIpc) is 3.07. The fourth-order valence-electron chi connectivity index (χ4n) is 3.81. The number of hydrogen-bond acceptors (Lipinski definition) is 2. The summed E-state index contributed by atoms with van der Waals surface area (Å²) >= 11 is 12.0. The third kappa shape index (κ3) is 4.37. The first kappa shape index (κ1) is 18.5. The summed E-state index contributed by atoms with van der Waals surface area (Å²) in [4.78, 5) is 2.52. The molecule has 0 radical (unpaired) electrons. The van der Waals surface area contributed by atoms with Crippen LogP contribution in [0.25, 0.3) is 11.3 Å². The molecule has 0 atom stereocenters. The van der Waals surface area contributed by atoms with E-state index in [4.69, 9.17) is 28.3 Å². The van der Waals surface area contributed by atoms with Crippen molar-refractivity contribution in [2.24, 2.45) is 7.05 Å². The van der Waals surface area contributed by atoms with Gasteiger partial charge in [0.15, 0.2) is 0 Å². The summed E-state index contributed by atoms with van der Waals surface area (Å²) in [5.41, 5.74) is 4.82. The second-order valence-corrected chi connectivity index (χ2v) is 8.13. The van der Waals surface area contributed by atoms with Crippen LogP contribution in [0.3, 0.4) is 0 Å². The predicted molar refractivity (Wildman–Crippen MR) is 112 cm³/mol. The van der Waals surface area contributed by atoms with Gasteiger partial charge in [0.1, 0.15) is 0 Å². The first-order valence-electron chi connectivity index (χ1n) is 9.35. The molecule has 5 heteroatoms. The Hall–Kier alpha value is -1.81. The number of hydrogen-bond donors (Lipinski definition) is 0. The van der Waals surface area contributed by atoms with Gasteiger partial charge in [0.2, 0.25) is 0 Å². The molecule has 3 aromatic rings. The van der Waals surface area contributed by atoms with E-state index < -0.39 is 0 Å². The highest BCUT2D eigenvalue weighted by Gasteiger charge is 2.23. The maximum absolute atomic E-state index is 6.01. The van der Waals surface area contributed by atoms with Gasteiger partial charge in [-0.3, -0.25) is 9.58 Å². The smallest absolute Gasteiger partial charge is 0.0681 e. The van der Waals surface area contributed by atoms with Gasteiger partial charge in [0, 0.05) is 29.6 Å². The van der Waals surface area contributed by atoms with E-state index >= 15 is 0 Å². The topological polar surface area (TPSA) is 21.1 Å². The van der Waals surface area contributed by atoms with E-state index in [1.165, 1.54) is 11.3 Å². The van der Waals surface area contributed by atoms with Crippen molar-refractivity contribution in [1.82, 2.24) is 14.7 Å². The first-order valence-corrected chi connectivity index (χ1v) is 10.1. The number of likely N-dealkylation sites (tertiary alicyclic amines) is 1. The number of rotatable bonds is 4. The third-order valence-corrected chi connectivity index (χ3v) is 5.87. The molecule has 0 unspecified atom stereocenters. The monoisotopic (exact) mass is 399 g/mol. The minimum atomic E-state index is 0.527. The summed E-state index contributed by atoms with van der Waals surface area (Å²) in [6, 6.07) is 18.4. The Morgan fingerprint density at radius 1 is 0.926 bits per heavy atom. The molecule has 0 bridgehead atoms. The molecular formula is C22H23Cl2N3. The summed E-state index contributed by atoms with van der Waals surface area (Å²) in [5.74, 6) is 0.527. The molecule has 0 amide bonds. The zero-order chi connectivity index (χ0) is 18.8. The number of aryl methyl sites for hydroxylation is 1. The van der Waals surface area contributed by atoms with E-state index in [-0.39, 0.29) is 0 Å². The van der Waals surface area contributed by atoms with Crippen molar-refractivity contribution in [2.75, 3.05) is 13.1 Å². The Morgan fingerprint density at radius 3 is 2.15 bits per heavy atom. The van der Waals surface area contributed by atoms with Crippen LogP contribution in [0, 0.1) is 0 Å². The zero-order valence-electron chi connectivity index (χ0n) is 15.4. The Kier molecular flexibility index (Phi) is 5.53. The molecule has 27 heavy (non-hydrogen) atoms. The van der Waals surface area contributed by atoms with E-state index in [1.807, 2.05) is 36.0 Å². The van der Waals surface area contributed by atoms with Gasteiger partial charge in [0.05, 0.1) is 11.4 Å². The van der Waals surface area contributed by atoms with Crippen molar-refractivity contribution in [3.8, 4) is 11.3 Å². The van der Waals surface area contributed by atoms with Crippen LogP contribution in [0.15, 0.2) is 54.6 Å². The Labute approximate surface area is 170 Å². The first-order chi connectivity index (χ1) is 13.1.